The molecule has 0 saturated heterocycles. The van der Waals surface area contributed by atoms with E-state index in [0.29, 0.717) is 0 Å². The topological polar surface area (TPSA) is 3.24 Å². The summed E-state index contributed by atoms with van der Waals surface area (Å²) >= 11 is 0. The summed E-state index contributed by atoms with van der Waals surface area (Å²) in [5, 5.41) is 5.10. The van der Waals surface area contributed by atoms with Crippen molar-refractivity contribution >= 4 is 38.5 Å². The maximum atomic E-state index is 2.54. The van der Waals surface area contributed by atoms with E-state index in [1.54, 1.807) is 0 Å². The summed E-state index contributed by atoms with van der Waals surface area (Å²) in [5.41, 5.74) is 16.8. The van der Waals surface area contributed by atoms with Gasteiger partial charge in [-0.15, -0.1) is 0 Å². The molecule has 11 rings (SSSR count). The van der Waals surface area contributed by atoms with Crippen LogP contribution in [0.15, 0.2) is 194 Å². The van der Waals surface area contributed by atoms with Gasteiger partial charge in [-0.1, -0.05) is 164 Å². The zero-order chi connectivity index (χ0) is 34.2. The Morgan fingerprint density at radius 3 is 1.81 bits per heavy atom. The number of nitrogens with zero attached hydrogens (tertiary/aromatic N) is 1. The molecule has 52 heavy (non-hydrogen) atoms. The second-order valence-electron chi connectivity index (χ2n) is 14.3. The van der Waals surface area contributed by atoms with Crippen LogP contribution in [0.5, 0.6) is 0 Å². The molecule has 0 N–H and O–H groups in total. The van der Waals surface area contributed by atoms with Crippen LogP contribution in [0, 0.1) is 0 Å². The minimum atomic E-state index is -0.444. The number of anilines is 2. The largest absolute Gasteiger partial charge is 0.314 e. The van der Waals surface area contributed by atoms with E-state index < -0.39 is 5.41 Å². The number of rotatable bonds is 4. The predicted molar refractivity (Wildman–Crippen MR) is 218 cm³/mol. The molecule has 0 amide bonds. The third-order valence-electron chi connectivity index (χ3n) is 11.8. The summed E-state index contributed by atoms with van der Waals surface area (Å²) in [7, 11) is 0. The van der Waals surface area contributed by atoms with Crippen LogP contribution in [0.1, 0.15) is 40.7 Å². The number of allylic oxidation sites excluding steroid dienone is 4. The zero-order valence-electron chi connectivity index (χ0n) is 28.8. The number of fused-ring (bicyclic) bond motifs is 13. The molecule has 1 spiro atoms. The molecule has 3 aliphatic carbocycles. The fraction of sp³-hybridized carbons (Fsp3) is 0.0588. The summed E-state index contributed by atoms with van der Waals surface area (Å²) in [6.07, 6.45) is 6.64. The van der Waals surface area contributed by atoms with Crippen LogP contribution in [0.3, 0.4) is 0 Å². The van der Waals surface area contributed by atoms with Gasteiger partial charge in [0.1, 0.15) is 0 Å². The van der Waals surface area contributed by atoms with Gasteiger partial charge in [0.05, 0.1) is 11.1 Å². The zero-order valence-corrected chi connectivity index (χ0v) is 28.8. The van der Waals surface area contributed by atoms with Crippen LogP contribution in [0.25, 0.3) is 49.4 Å². The van der Waals surface area contributed by atoms with Gasteiger partial charge in [0.15, 0.2) is 0 Å². The van der Waals surface area contributed by atoms with E-state index in [1.807, 2.05) is 0 Å². The fourth-order valence-electron chi connectivity index (χ4n) is 9.61. The minimum Gasteiger partial charge on any atom is -0.314 e. The number of hydrogen-bond acceptors (Lipinski definition) is 1. The lowest BCUT2D eigenvalue weighted by Gasteiger charge is -2.34. The van der Waals surface area contributed by atoms with Crippen LogP contribution in [-0.4, -0.2) is 0 Å². The van der Waals surface area contributed by atoms with E-state index in [4.69, 9.17) is 0 Å². The molecule has 1 atom stereocenters. The maximum absolute atomic E-state index is 2.54. The summed E-state index contributed by atoms with van der Waals surface area (Å²) in [6, 6.07) is 65.5. The van der Waals surface area contributed by atoms with Gasteiger partial charge in [-0.3, -0.25) is 0 Å². The number of benzene rings is 8. The third-order valence-corrected chi connectivity index (χ3v) is 11.8. The first-order chi connectivity index (χ1) is 25.8. The van der Waals surface area contributed by atoms with Gasteiger partial charge < -0.3 is 4.90 Å². The van der Waals surface area contributed by atoms with Crippen LogP contribution in [-0.2, 0) is 5.41 Å². The molecule has 8 aromatic rings. The third kappa shape index (κ3) is 4.05. The Morgan fingerprint density at radius 2 is 1.04 bits per heavy atom. The van der Waals surface area contributed by atoms with E-state index in [0.717, 1.165) is 12.8 Å². The Bertz CT molecular complexity index is 2780. The van der Waals surface area contributed by atoms with Crippen molar-refractivity contribution in [3.05, 3.63) is 222 Å². The van der Waals surface area contributed by atoms with Crippen LogP contribution in [0.4, 0.5) is 11.4 Å². The highest BCUT2D eigenvalue weighted by Gasteiger charge is 2.52. The van der Waals surface area contributed by atoms with Gasteiger partial charge >= 0.3 is 0 Å². The quantitative estimate of drug-likeness (QED) is 0.181. The van der Waals surface area contributed by atoms with E-state index >= 15 is 0 Å². The molecule has 244 valence electrons. The normalized spacial score (nSPS) is 16.6. The summed E-state index contributed by atoms with van der Waals surface area (Å²) < 4.78 is 0. The molecule has 0 radical (unpaired) electrons. The lowest BCUT2D eigenvalue weighted by atomic mass is 9.69. The Kier molecular flexibility index (Phi) is 6.36. The second-order valence-corrected chi connectivity index (χ2v) is 14.3. The Labute approximate surface area is 304 Å². The van der Waals surface area contributed by atoms with Gasteiger partial charge in [0.25, 0.3) is 0 Å². The average Bonchev–Trinajstić information content (AvgIpc) is 3.69. The Hall–Kier alpha value is -6.44. The monoisotopic (exact) mass is 661 g/mol. The Morgan fingerprint density at radius 1 is 0.423 bits per heavy atom. The molecule has 0 aromatic heterocycles. The molecule has 0 heterocycles. The maximum Gasteiger partial charge on any atom is 0.0732 e. The second kappa shape index (κ2) is 11.3. The van der Waals surface area contributed by atoms with Gasteiger partial charge in [-0.05, 0) is 109 Å². The smallest absolute Gasteiger partial charge is 0.0732 e. The van der Waals surface area contributed by atoms with Gasteiger partial charge in [0, 0.05) is 16.8 Å². The van der Waals surface area contributed by atoms with Crippen molar-refractivity contribution in [1.82, 2.24) is 0 Å². The highest BCUT2D eigenvalue weighted by molar-refractivity contribution is 6.04. The van der Waals surface area contributed by atoms with Gasteiger partial charge in [-0.2, -0.15) is 0 Å². The molecule has 0 bridgehead atoms. The SMILES string of the molecule is C1=C(c2ccccc2)CCC(N(c2ccc3c(c2)C2(c4ccccc4-3)c3ccccc3-c3ccc4ccccc4c32)c2cccc3ccccc23)=C1. The summed E-state index contributed by atoms with van der Waals surface area (Å²) in [6.45, 7) is 0. The minimum absolute atomic E-state index is 0.444. The van der Waals surface area contributed by atoms with Crippen molar-refractivity contribution in [3.8, 4) is 22.3 Å². The molecular weight excluding hydrogens is 627 g/mol. The molecule has 0 saturated carbocycles. The van der Waals surface area contributed by atoms with Gasteiger partial charge in [-0.25, -0.2) is 0 Å². The van der Waals surface area contributed by atoms with E-state index in [2.05, 4.69) is 193 Å². The highest BCUT2D eigenvalue weighted by atomic mass is 15.2. The van der Waals surface area contributed by atoms with E-state index in [9.17, 15) is 0 Å². The molecule has 0 fully saturated rings. The first kappa shape index (κ1) is 29.3. The van der Waals surface area contributed by atoms with E-state index in [1.165, 1.54) is 94.3 Å². The summed E-state index contributed by atoms with van der Waals surface area (Å²) in [4.78, 5) is 2.54. The van der Waals surface area contributed by atoms with Crippen molar-refractivity contribution in [2.45, 2.75) is 18.3 Å². The molecule has 1 heteroatoms. The van der Waals surface area contributed by atoms with Gasteiger partial charge in [0.2, 0.25) is 0 Å². The molecule has 0 aliphatic heterocycles. The summed E-state index contributed by atoms with van der Waals surface area (Å²) in [5.74, 6) is 0. The number of hydrogen-bond donors (Lipinski definition) is 0. The van der Waals surface area contributed by atoms with E-state index in [-0.39, 0.29) is 0 Å². The standard InChI is InChI=1S/C51H35N/c1-2-13-34(14-3-1)35-25-28-38(29-26-35)52(49-24-12-17-36-15-4-6-18-40(36)49)39-30-32-44-42-20-8-10-22-46(42)51(48(44)33-39)47-23-11-9-21-43(47)45-31-27-37-16-5-7-19-41(37)50(45)51/h1-25,27-28,30-33H,26,29H2. The van der Waals surface area contributed by atoms with Crippen molar-refractivity contribution in [1.29, 1.82) is 0 Å². The van der Waals surface area contributed by atoms with Crippen LogP contribution < -0.4 is 4.90 Å². The fourth-order valence-corrected chi connectivity index (χ4v) is 9.61. The first-order valence-corrected chi connectivity index (χ1v) is 18.4. The Balaban J connectivity index is 1.20. The molecule has 1 nitrogen and oxygen atoms in total. The predicted octanol–water partition coefficient (Wildman–Crippen LogP) is 13.2. The van der Waals surface area contributed by atoms with Crippen molar-refractivity contribution in [2.75, 3.05) is 4.90 Å². The first-order valence-electron chi connectivity index (χ1n) is 18.4. The molecular formula is C51H35N. The highest BCUT2D eigenvalue weighted by Crippen LogP contribution is 2.64. The lowest BCUT2D eigenvalue weighted by molar-refractivity contribution is 0.800. The molecule has 3 aliphatic rings. The van der Waals surface area contributed by atoms with Crippen molar-refractivity contribution < 1.29 is 0 Å². The molecule has 8 aromatic carbocycles. The van der Waals surface area contributed by atoms with Crippen molar-refractivity contribution in [3.63, 3.8) is 0 Å². The van der Waals surface area contributed by atoms with Crippen LogP contribution >= 0.6 is 0 Å². The molecule has 1 unspecified atom stereocenters. The van der Waals surface area contributed by atoms with Crippen LogP contribution in [0.2, 0.25) is 0 Å². The van der Waals surface area contributed by atoms with Crippen molar-refractivity contribution in [2.24, 2.45) is 0 Å². The lowest BCUT2D eigenvalue weighted by Crippen LogP contribution is -2.27. The average molecular weight is 662 g/mol.